The Labute approximate surface area is 127 Å². The maximum atomic E-state index is 14.0. The highest BCUT2D eigenvalue weighted by molar-refractivity contribution is 5.37. The second-order valence-electron chi connectivity index (χ2n) is 6.28. The van der Waals surface area contributed by atoms with Crippen LogP contribution in [-0.2, 0) is 0 Å². The summed E-state index contributed by atoms with van der Waals surface area (Å²) in [4.78, 5) is 2.45. The highest BCUT2D eigenvalue weighted by Crippen LogP contribution is 2.31. The molecule has 1 aromatic carbocycles. The van der Waals surface area contributed by atoms with E-state index in [1.807, 2.05) is 0 Å². The van der Waals surface area contributed by atoms with Gasteiger partial charge in [0.2, 0.25) is 0 Å². The van der Waals surface area contributed by atoms with E-state index in [1.54, 1.807) is 19.2 Å². The molecule has 2 rings (SSSR count). The highest BCUT2D eigenvalue weighted by Gasteiger charge is 2.26. The molecule has 1 aliphatic rings. The first-order valence-corrected chi connectivity index (χ1v) is 7.85. The molecule has 2 N–H and O–H groups in total. The second kappa shape index (κ2) is 7.23. The molecule has 1 aliphatic carbocycles. The van der Waals surface area contributed by atoms with Crippen molar-refractivity contribution < 1.29 is 9.13 Å². The molecule has 21 heavy (non-hydrogen) atoms. The fourth-order valence-electron chi connectivity index (χ4n) is 2.70. The Morgan fingerprint density at radius 2 is 2.10 bits per heavy atom. The van der Waals surface area contributed by atoms with Crippen LogP contribution >= 0.6 is 0 Å². The first-order chi connectivity index (χ1) is 10.0. The summed E-state index contributed by atoms with van der Waals surface area (Å²) < 4.78 is 19.3. The van der Waals surface area contributed by atoms with Gasteiger partial charge in [-0.15, -0.1) is 0 Å². The van der Waals surface area contributed by atoms with E-state index < -0.39 is 0 Å². The zero-order valence-corrected chi connectivity index (χ0v) is 13.3. The van der Waals surface area contributed by atoms with Crippen LogP contribution < -0.4 is 10.5 Å². The summed E-state index contributed by atoms with van der Waals surface area (Å²) in [6.07, 6.45) is 3.43. The summed E-state index contributed by atoms with van der Waals surface area (Å²) in [5.41, 5.74) is 6.72. The number of hydrogen-bond donors (Lipinski definition) is 1. The highest BCUT2D eigenvalue weighted by atomic mass is 19.1. The number of rotatable bonds is 8. The standard InChI is InChI=1S/C17H27FN2O/c1-12(2)20(11-13-7-8-13)10-9-15(19)17-14(18)5-4-6-16(17)21-3/h4-6,12-13,15H,7-11,19H2,1-3H3. The minimum absolute atomic E-state index is 0.278. The summed E-state index contributed by atoms with van der Waals surface area (Å²) in [6, 6.07) is 5.03. The lowest BCUT2D eigenvalue weighted by Crippen LogP contribution is -2.35. The topological polar surface area (TPSA) is 38.5 Å². The quantitative estimate of drug-likeness (QED) is 0.799. The van der Waals surface area contributed by atoms with Gasteiger partial charge in [0.25, 0.3) is 0 Å². The Morgan fingerprint density at radius 1 is 1.38 bits per heavy atom. The molecule has 118 valence electrons. The average Bonchev–Trinajstić information content (AvgIpc) is 3.26. The van der Waals surface area contributed by atoms with E-state index in [9.17, 15) is 4.39 Å². The molecule has 0 heterocycles. The lowest BCUT2D eigenvalue weighted by Gasteiger charge is -2.28. The van der Waals surface area contributed by atoms with Crippen molar-refractivity contribution in [3.05, 3.63) is 29.6 Å². The molecule has 0 bridgehead atoms. The maximum Gasteiger partial charge on any atom is 0.131 e. The number of benzene rings is 1. The first-order valence-electron chi connectivity index (χ1n) is 7.85. The number of nitrogens with two attached hydrogens (primary N) is 1. The van der Waals surface area contributed by atoms with E-state index in [-0.39, 0.29) is 11.9 Å². The molecule has 1 saturated carbocycles. The smallest absolute Gasteiger partial charge is 0.131 e. The van der Waals surface area contributed by atoms with Crippen molar-refractivity contribution in [2.45, 2.75) is 45.2 Å². The van der Waals surface area contributed by atoms with Gasteiger partial charge in [0.1, 0.15) is 11.6 Å². The van der Waals surface area contributed by atoms with Gasteiger partial charge in [-0.3, -0.25) is 0 Å². The van der Waals surface area contributed by atoms with Crippen molar-refractivity contribution in [1.29, 1.82) is 0 Å². The Hall–Kier alpha value is -1.13. The monoisotopic (exact) mass is 294 g/mol. The predicted molar refractivity (Wildman–Crippen MR) is 83.9 cm³/mol. The number of nitrogens with zero attached hydrogens (tertiary/aromatic N) is 1. The molecule has 0 amide bonds. The van der Waals surface area contributed by atoms with Crippen molar-refractivity contribution in [2.24, 2.45) is 11.7 Å². The summed E-state index contributed by atoms with van der Waals surface area (Å²) in [5, 5.41) is 0. The van der Waals surface area contributed by atoms with E-state index in [0.717, 1.165) is 25.4 Å². The van der Waals surface area contributed by atoms with Crippen LogP contribution in [0.15, 0.2) is 18.2 Å². The van der Waals surface area contributed by atoms with Crippen LogP contribution in [0.5, 0.6) is 5.75 Å². The van der Waals surface area contributed by atoms with E-state index in [2.05, 4.69) is 18.7 Å². The van der Waals surface area contributed by atoms with Crippen LogP contribution in [0, 0.1) is 11.7 Å². The van der Waals surface area contributed by atoms with Crippen molar-refractivity contribution in [3.8, 4) is 5.75 Å². The predicted octanol–water partition coefficient (Wildman–Crippen LogP) is 3.34. The lowest BCUT2D eigenvalue weighted by molar-refractivity contribution is 0.204. The Bertz CT molecular complexity index is 460. The van der Waals surface area contributed by atoms with Crippen molar-refractivity contribution in [3.63, 3.8) is 0 Å². The van der Waals surface area contributed by atoms with E-state index in [4.69, 9.17) is 10.5 Å². The third kappa shape index (κ3) is 4.42. The van der Waals surface area contributed by atoms with Crippen LogP contribution in [0.25, 0.3) is 0 Å². The molecule has 1 fully saturated rings. The Kier molecular flexibility index (Phi) is 5.59. The average molecular weight is 294 g/mol. The zero-order chi connectivity index (χ0) is 15.4. The van der Waals surface area contributed by atoms with E-state index in [1.165, 1.54) is 18.9 Å². The second-order valence-corrected chi connectivity index (χ2v) is 6.28. The number of halogens is 1. The normalized spacial score (nSPS) is 16.5. The van der Waals surface area contributed by atoms with Crippen LogP contribution in [0.4, 0.5) is 4.39 Å². The van der Waals surface area contributed by atoms with Crippen molar-refractivity contribution in [2.75, 3.05) is 20.2 Å². The molecule has 4 heteroatoms. The zero-order valence-electron chi connectivity index (χ0n) is 13.3. The molecule has 3 nitrogen and oxygen atoms in total. The third-order valence-electron chi connectivity index (χ3n) is 4.25. The number of hydrogen-bond acceptors (Lipinski definition) is 3. The first kappa shape index (κ1) is 16.2. The van der Waals surface area contributed by atoms with Gasteiger partial charge in [0.05, 0.1) is 7.11 Å². The van der Waals surface area contributed by atoms with Crippen molar-refractivity contribution in [1.82, 2.24) is 4.90 Å². The molecule has 0 aromatic heterocycles. The van der Waals surface area contributed by atoms with Gasteiger partial charge in [0.15, 0.2) is 0 Å². The molecule has 0 saturated heterocycles. The summed E-state index contributed by atoms with van der Waals surface area (Å²) in [5.74, 6) is 1.12. The van der Waals surface area contributed by atoms with E-state index in [0.29, 0.717) is 17.4 Å². The SMILES string of the molecule is COc1cccc(F)c1C(N)CCN(CC1CC1)C(C)C. The van der Waals surface area contributed by atoms with Gasteiger partial charge >= 0.3 is 0 Å². The summed E-state index contributed by atoms with van der Waals surface area (Å²) in [7, 11) is 1.55. The van der Waals surface area contributed by atoms with Gasteiger partial charge in [0, 0.05) is 30.7 Å². The molecule has 1 aromatic rings. The molecular weight excluding hydrogens is 267 g/mol. The molecule has 1 atom stereocenters. The lowest BCUT2D eigenvalue weighted by atomic mass is 10.0. The maximum absolute atomic E-state index is 14.0. The summed E-state index contributed by atoms with van der Waals surface area (Å²) >= 11 is 0. The van der Waals surface area contributed by atoms with Gasteiger partial charge in [-0.2, -0.15) is 0 Å². The van der Waals surface area contributed by atoms with Crippen LogP contribution in [0.1, 0.15) is 44.7 Å². The minimum atomic E-state index is -0.332. The van der Waals surface area contributed by atoms with Gasteiger partial charge in [-0.25, -0.2) is 4.39 Å². The summed E-state index contributed by atoms with van der Waals surface area (Å²) in [6.45, 7) is 6.45. The van der Waals surface area contributed by atoms with Crippen LogP contribution in [-0.4, -0.2) is 31.1 Å². The molecular formula is C17H27FN2O. The van der Waals surface area contributed by atoms with Crippen LogP contribution in [0.3, 0.4) is 0 Å². The molecule has 0 radical (unpaired) electrons. The van der Waals surface area contributed by atoms with Gasteiger partial charge in [-0.1, -0.05) is 6.07 Å². The van der Waals surface area contributed by atoms with Gasteiger partial charge < -0.3 is 15.4 Å². The fourth-order valence-corrected chi connectivity index (χ4v) is 2.70. The number of ether oxygens (including phenoxy) is 1. The largest absolute Gasteiger partial charge is 0.496 e. The molecule has 0 aliphatic heterocycles. The molecule has 1 unspecified atom stereocenters. The third-order valence-corrected chi connectivity index (χ3v) is 4.25. The van der Waals surface area contributed by atoms with Crippen molar-refractivity contribution >= 4 is 0 Å². The molecule has 0 spiro atoms. The fraction of sp³-hybridized carbons (Fsp3) is 0.647. The number of methoxy groups -OCH3 is 1. The Morgan fingerprint density at radius 3 is 2.67 bits per heavy atom. The Balaban J connectivity index is 1.98. The van der Waals surface area contributed by atoms with Crippen LogP contribution in [0.2, 0.25) is 0 Å². The minimum Gasteiger partial charge on any atom is -0.496 e. The van der Waals surface area contributed by atoms with E-state index >= 15 is 0 Å². The van der Waals surface area contributed by atoms with Gasteiger partial charge in [-0.05, 0) is 51.2 Å².